The Morgan fingerprint density at radius 3 is 2.94 bits per heavy atom. The van der Waals surface area contributed by atoms with E-state index in [-0.39, 0.29) is 0 Å². The molecule has 0 bridgehead atoms. The fourth-order valence-corrected chi connectivity index (χ4v) is 1.65. The largest absolute Gasteiger partial charge is 0.493 e. The monoisotopic (exact) mass is 247 g/mol. The third-order valence-corrected chi connectivity index (χ3v) is 2.49. The summed E-state index contributed by atoms with van der Waals surface area (Å²) in [7, 11) is 0. The van der Waals surface area contributed by atoms with Crippen LogP contribution in [0.3, 0.4) is 0 Å². The molecule has 0 aliphatic heterocycles. The van der Waals surface area contributed by atoms with Gasteiger partial charge >= 0.3 is 0 Å². The highest BCUT2D eigenvalue weighted by atomic mass is 16.5. The number of aromatic nitrogens is 2. The Kier molecular flexibility index (Phi) is 4.30. The number of rotatable bonds is 6. The quantitative estimate of drug-likeness (QED) is 0.845. The molecule has 1 aromatic carbocycles. The highest BCUT2D eigenvalue weighted by Gasteiger charge is 2.12. The van der Waals surface area contributed by atoms with Crippen molar-refractivity contribution in [3.63, 3.8) is 0 Å². The van der Waals surface area contributed by atoms with Crippen molar-refractivity contribution in [1.82, 2.24) is 10.1 Å². The van der Waals surface area contributed by atoms with Gasteiger partial charge in [-0.1, -0.05) is 17.3 Å². The summed E-state index contributed by atoms with van der Waals surface area (Å²) >= 11 is 0. The highest BCUT2D eigenvalue weighted by Crippen LogP contribution is 2.27. The molecule has 0 fully saturated rings. The number of nitrogens with two attached hydrogens (primary N) is 1. The van der Waals surface area contributed by atoms with E-state index in [0.29, 0.717) is 31.3 Å². The fourth-order valence-electron chi connectivity index (χ4n) is 1.65. The molecule has 5 nitrogen and oxygen atoms in total. The van der Waals surface area contributed by atoms with E-state index < -0.39 is 0 Å². The van der Waals surface area contributed by atoms with E-state index in [1.165, 1.54) is 0 Å². The van der Waals surface area contributed by atoms with Gasteiger partial charge in [0.05, 0.1) is 12.2 Å². The van der Waals surface area contributed by atoms with Crippen LogP contribution in [0.1, 0.15) is 19.2 Å². The minimum atomic E-state index is 0.561. The van der Waals surface area contributed by atoms with Gasteiger partial charge in [0.2, 0.25) is 11.7 Å². The van der Waals surface area contributed by atoms with Crippen LogP contribution in [0, 0.1) is 0 Å². The Bertz CT molecular complexity index is 496. The maximum absolute atomic E-state index is 5.54. The molecule has 0 amide bonds. The van der Waals surface area contributed by atoms with Crippen molar-refractivity contribution in [2.75, 3.05) is 13.2 Å². The zero-order valence-electron chi connectivity index (χ0n) is 10.4. The molecule has 18 heavy (non-hydrogen) atoms. The molecular weight excluding hydrogens is 230 g/mol. The Balaban J connectivity index is 2.22. The average molecular weight is 247 g/mol. The average Bonchev–Trinajstić information content (AvgIpc) is 2.86. The highest BCUT2D eigenvalue weighted by molar-refractivity contribution is 5.63. The van der Waals surface area contributed by atoms with E-state index in [9.17, 15) is 0 Å². The van der Waals surface area contributed by atoms with E-state index in [1.54, 1.807) is 0 Å². The van der Waals surface area contributed by atoms with Gasteiger partial charge in [-0.2, -0.15) is 4.98 Å². The fraction of sp³-hybridized carbons (Fsp3) is 0.385. The second-order valence-electron chi connectivity index (χ2n) is 3.83. The van der Waals surface area contributed by atoms with Crippen molar-refractivity contribution in [3.05, 3.63) is 30.2 Å². The number of benzene rings is 1. The van der Waals surface area contributed by atoms with Gasteiger partial charge in [0, 0.05) is 6.42 Å². The van der Waals surface area contributed by atoms with Crippen LogP contribution in [0.2, 0.25) is 0 Å². The third kappa shape index (κ3) is 2.87. The summed E-state index contributed by atoms with van der Waals surface area (Å²) in [4.78, 5) is 4.35. The number of nitrogens with zero attached hydrogens (tertiary/aromatic N) is 2. The van der Waals surface area contributed by atoms with Crippen molar-refractivity contribution in [3.8, 4) is 17.1 Å². The molecular formula is C13H17N3O2. The third-order valence-electron chi connectivity index (χ3n) is 2.49. The van der Waals surface area contributed by atoms with Crippen LogP contribution in [0.4, 0.5) is 0 Å². The van der Waals surface area contributed by atoms with Gasteiger partial charge in [0.25, 0.3) is 0 Å². The summed E-state index contributed by atoms with van der Waals surface area (Å²) in [6.45, 7) is 3.17. The SMILES string of the molecule is CCOc1ccccc1-c1noc(CCCN)n1. The molecule has 1 heterocycles. The van der Waals surface area contributed by atoms with E-state index in [4.69, 9.17) is 15.0 Å². The summed E-state index contributed by atoms with van der Waals surface area (Å²) in [5, 5.41) is 3.98. The molecule has 2 rings (SSSR count). The Hall–Kier alpha value is -1.88. The van der Waals surface area contributed by atoms with E-state index in [1.807, 2.05) is 31.2 Å². The van der Waals surface area contributed by atoms with Crippen molar-refractivity contribution in [1.29, 1.82) is 0 Å². The lowest BCUT2D eigenvalue weighted by Crippen LogP contribution is -2.00. The molecule has 2 aromatic rings. The van der Waals surface area contributed by atoms with E-state index in [2.05, 4.69) is 10.1 Å². The van der Waals surface area contributed by atoms with Crippen LogP contribution in [-0.2, 0) is 6.42 Å². The summed E-state index contributed by atoms with van der Waals surface area (Å²) < 4.78 is 10.7. The summed E-state index contributed by atoms with van der Waals surface area (Å²) in [6.07, 6.45) is 1.55. The first-order chi connectivity index (χ1) is 8.85. The minimum absolute atomic E-state index is 0.561. The summed E-state index contributed by atoms with van der Waals surface area (Å²) in [6, 6.07) is 7.66. The topological polar surface area (TPSA) is 74.2 Å². The smallest absolute Gasteiger partial charge is 0.227 e. The van der Waals surface area contributed by atoms with Crippen molar-refractivity contribution >= 4 is 0 Å². The van der Waals surface area contributed by atoms with E-state index in [0.717, 1.165) is 17.7 Å². The van der Waals surface area contributed by atoms with Gasteiger partial charge in [0.1, 0.15) is 5.75 Å². The molecule has 0 saturated heterocycles. The number of ether oxygens (including phenoxy) is 1. The lowest BCUT2D eigenvalue weighted by molar-refractivity contribution is 0.341. The molecule has 0 saturated carbocycles. The van der Waals surface area contributed by atoms with Gasteiger partial charge < -0.3 is 15.0 Å². The van der Waals surface area contributed by atoms with Crippen molar-refractivity contribution in [2.45, 2.75) is 19.8 Å². The zero-order chi connectivity index (χ0) is 12.8. The second kappa shape index (κ2) is 6.16. The van der Waals surface area contributed by atoms with Crippen LogP contribution < -0.4 is 10.5 Å². The maximum atomic E-state index is 5.54. The molecule has 0 radical (unpaired) electrons. The molecule has 2 N–H and O–H groups in total. The molecule has 0 aliphatic carbocycles. The summed E-state index contributed by atoms with van der Waals surface area (Å²) in [5.41, 5.74) is 6.30. The van der Waals surface area contributed by atoms with Crippen LogP contribution in [0.15, 0.2) is 28.8 Å². The lowest BCUT2D eigenvalue weighted by Gasteiger charge is -2.05. The van der Waals surface area contributed by atoms with Crippen LogP contribution in [-0.4, -0.2) is 23.3 Å². The molecule has 0 spiro atoms. The molecule has 0 atom stereocenters. The first-order valence-electron chi connectivity index (χ1n) is 6.10. The Labute approximate surface area is 106 Å². The standard InChI is InChI=1S/C13H17N3O2/c1-2-17-11-7-4-3-6-10(11)13-15-12(18-16-13)8-5-9-14/h3-4,6-7H,2,5,8-9,14H2,1H3. The summed E-state index contributed by atoms with van der Waals surface area (Å²) in [5.74, 6) is 1.94. The van der Waals surface area contributed by atoms with Gasteiger partial charge in [-0.15, -0.1) is 0 Å². The van der Waals surface area contributed by atoms with Crippen molar-refractivity contribution in [2.24, 2.45) is 5.73 Å². The van der Waals surface area contributed by atoms with Gasteiger partial charge in [-0.3, -0.25) is 0 Å². The number of hydrogen-bond donors (Lipinski definition) is 1. The number of hydrogen-bond acceptors (Lipinski definition) is 5. The van der Waals surface area contributed by atoms with Gasteiger partial charge in [-0.05, 0) is 32.0 Å². The van der Waals surface area contributed by atoms with Crippen LogP contribution in [0.5, 0.6) is 5.75 Å². The second-order valence-corrected chi connectivity index (χ2v) is 3.83. The molecule has 1 aromatic heterocycles. The van der Waals surface area contributed by atoms with Crippen LogP contribution >= 0.6 is 0 Å². The van der Waals surface area contributed by atoms with Crippen molar-refractivity contribution < 1.29 is 9.26 Å². The molecule has 0 unspecified atom stereocenters. The minimum Gasteiger partial charge on any atom is -0.493 e. The number of aryl methyl sites for hydroxylation is 1. The molecule has 5 heteroatoms. The van der Waals surface area contributed by atoms with Gasteiger partial charge in [-0.25, -0.2) is 0 Å². The maximum Gasteiger partial charge on any atom is 0.227 e. The van der Waals surface area contributed by atoms with Gasteiger partial charge in [0.15, 0.2) is 0 Å². The Morgan fingerprint density at radius 2 is 2.17 bits per heavy atom. The zero-order valence-corrected chi connectivity index (χ0v) is 10.4. The first kappa shape index (κ1) is 12.6. The predicted molar refractivity (Wildman–Crippen MR) is 68.3 cm³/mol. The predicted octanol–water partition coefficient (Wildman–Crippen LogP) is 2.03. The normalized spacial score (nSPS) is 10.6. The Morgan fingerprint density at radius 1 is 1.33 bits per heavy atom. The van der Waals surface area contributed by atoms with Crippen LogP contribution in [0.25, 0.3) is 11.4 Å². The first-order valence-corrected chi connectivity index (χ1v) is 6.10. The molecule has 96 valence electrons. The molecule has 0 aliphatic rings. The number of para-hydroxylation sites is 1. The lowest BCUT2D eigenvalue weighted by atomic mass is 10.2. The van der Waals surface area contributed by atoms with E-state index >= 15 is 0 Å².